The van der Waals surface area contributed by atoms with E-state index in [9.17, 15) is 14.9 Å². The van der Waals surface area contributed by atoms with Gasteiger partial charge in [0.15, 0.2) is 0 Å². The van der Waals surface area contributed by atoms with E-state index in [1.54, 1.807) is 12.1 Å². The molecule has 0 aromatic heterocycles. The minimum absolute atomic E-state index is 0.400. The molecular weight excluding hydrogens is 220 g/mol. The van der Waals surface area contributed by atoms with Crippen LogP contribution in [0.5, 0.6) is 0 Å². The number of hydrogen-bond acceptors (Lipinski definition) is 4. The Balaban J connectivity index is 3.05. The van der Waals surface area contributed by atoms with Gasteiger partial charge in [0.05, 0.1) is 4.92 Å². The molecular formula is C12H14N2O3. The van der Waals surface area contributed by atoms with Crippen LogP contribution in [0, 0.1) is 10.1 Å². The van der Waals surface area contributed by atoms with E-state index in [0.29, 0.717) is 5.56 Å². The van der Waals surface area contributed by atoms with Gasteiger partial charge >= 0.3 is 5.70 Å². The van der Waals surface area contributed by atoms with Crippen molar-refractivity contribution in [3.63, 3.8) is 0 Å². The van der Waals surface area contributed by atoms with E-state index in [1.807, 2.05) is 31.1 Å². The van der Waals surface area contributed by atoms with Crippen molar-refractivity contribution >= 4 is 17.5 Å². The van der Waals surface area contributed by atoms with Gasteiger partial charge in [-0.15, -0.1) is 0 Å². The van der Waals surface area contributed by atoms with E-state index in [1.165, 1.54) is 13.0 Å². The van der Waals surface area contributed by atoms with E-state index >= 15 is 0 Å². The largest absolute Gasteiger partial charge is 0.378 e. The molecule has 0 spiro atoms. The molecule has 5 heteroatoms. The van der Waals surface area contributed by atoms with Crippen LogP contribution in [0.4, 0.5) is 5.69 Å². The standard InChI is InChI=1S/C12H14N2O3/c1-9(15)12(14(16)17)8-10-4-6-11(7-5-10)13(2)3/h4-8H,1-3H3/b12-8-. The van der Waals surface area contributed by atoms with E-state index in [0.717, 1.165) is 5.69 Å². The van der Waals surface area contributed by atoms with Crippen LogP contribution in [-0.2, 0) is 4.79 Å². The average molecular weight is 234 g/mol. The third kappa shape index (κ3) is 3.41. The summed E-state index contributed by atoms with van der Waals surface area (Å²) in [6, 6.07) is 7.15. The van der Waals surface area contributed by atoms with Crippen LogP contribution in [0.1, 0.15) is 12.5 Å². The number of carbonyl (C=O) groups excluding carboxylic acids is 1. The highest BCUT2D eigenvalue weighted by atomic mass is 16.6. The molecule has 0 bridgehead atoms. The molecule has 0 saturated carbocycles. The van der Waals surface area contributed by atoms with Gasteiger partial charge in [-0.3, -0.25) is 14.9 Å². The van der Waals surface area contributed by atoms with Gasteiger partial charge in [-0.25, -0.2) is 0 Å². The maximum absolute atomic E-state index is 11.0. The number of nitro groups is 1. The number of hydrogen-bond donors (Lipinski definition) is 0. The summed E-state index contributed by atoms with van der Waals surface area (Å²) in [7, 11) is 3.81. The molecule has 1 aromatic rings. The van der Waals surface area contributed by atoms with Crippen LogP contribution in [0.25, 0.3) is 6.08 Å². The third-order valence-electron chi connectivity index (χ3n) is 2.27. The zero-order chi connectivity index (χ0) is 13.0. The zero-order valence-electron chi connectivity index (χ0n) is 10.0. The minimum Gasteiger partial charge on any atom is -0.378 e. The van der Waals surface area contributed by atoms with Gasteiger partial charge in [-0.2, -0.15) is 0 Å². The number of carbonyl (C=O) groups is 1. The van der Waals surface area contributed by atoms with E-state index in [-0.39, 0.29) is 0 Å². The summed E-state index contributed by atoms with van der Waals surface area (Å²) in [6.07, 6.45) is 1.28. The molecule has 0 aliphatic rings. The summed E-state index contributed by atoms with van der Waals surface area (Å²) in [5, 5.41) is 10.6. The van der Waals surface area contributed by atoms with Gasteiger partial charge in [0, 0.05) is 32.8 Å². The van der Waals surface area contributed by atoms with Crippen LogP contribution in [0.2, 0.25) is 0 Å². The zero-order valence-corrected chi connectivity index (χ0v) is 10.0. The molecule has 0 saturated heterocycles. The third-order valence-corrected chi connectivity index (χ3v) is 2.27. The molecule has 17 heavy (non-hydrogen) atoms. The molecule has 0 radical (unpaired) electrons. The van der Waals surface area contributed by atoms with Crippen molar-refractivity contribution < 1.29 is 9.72 Å². The molecule has 0 N–H and O–H groups in total. The molecule has 0 fully saturated rings. The van der Waals surface area contributed by atoms with Crippen molar-refractivity contribution in [2.45, 2.75) is 6.92 Å². The van der Waals surface area contributed by atoms with Gasteiger partial charge in [0.2, 0.25) is 5.78 Å². The number of Topliss-reactive ketones (excluding diaryl/α,β-unsaturated/α-hetero) is 1. The van der Waals surface area contributed by atoms with Crippen LogP contribution < -0.4 is 4.90 Å². The first-order chi connectivity index (χ1) is 7.91. The van der Waals surface area contributed by atoms with Crippen molar-refractivity contribution in [2.24, 2.45) is 0 Å². The van der Waals surface area contributed by atoms with Crippen LogP contribution in [0.15, 0.2) is 30.0 Å². The Morgan fingerprint density at radius 1 is 1.29 bits per heavy atom. The average Bonchev–Trinajstić information content (AvgIpc) is 2.25. The molecule has 0 atom stereocenters. The smallest absolute Gasteiger partial charge is 0.312 e. The van der Waals surface area contributed by atoms with Crippen molar-refractivity contribution in [3.05, 3.63) is 45.6 Å². The summed E-state index contributed by atoms with van der Waals surface area (Å²) < 4.78 is 0. The highest BCUT2D eigenvalue weighted by Gasteiger charge is 2.16. The van der Waals surface area contributed by atoms with Crippen molar-refractivity contribution in [1.29, 1.82) is 0 Å². The van der Waals surface area contributed by atoms with E-state index in [2.05, 4.69) is 0 Å². The fourth-order valence-electron chi connectivity index (χ4n) is 1.31. The summed E-state index contributed by atoms with van der Waals surface area (Å²) in [5.41, 5.74) is 1.23. The fourth-order valence-corrected chi connectivity index (χ4v) is 1.31. The second-order valence-electron chi connectivity index (χ2n) is 3.83. The Morgan fingerprint density at radius 2 is 1.82 bits per heavy atom. The van der Waals surface area contributed by atoms with Crippen molar-refractivity contribution in [1.82, 2.24) is 0 Å². The monoisotopic (exact) mass is 234 g/mol. The van der Waals surface area contributed by atoms with Crippen LogP contribution in [0.3, 0.4) is 0 Å². The van der Waals surface area contributed by atoms with Crippen LogP contribution >= 0.6 is 0 Å². The SMILES string of the molecule is CC(=O)/C(=C/c1ccc(N(C)C)cc1)[N+](=O)[O-]. The molecule has 0 amide bonds. The molecule has 0 unspecified atom stereocenters. The summed E-state index contributed by atoms with van der Waals surface area (Å²) in [5.74, 6) is -0.549. The Morgan fingerprint density at radius 3 is 2.18 bits per heavy atom. The highest BCUT2D eigenvalue weighted by molar-refractivity contribution is 5.95. The maximum atomic E-state index is 11.0. The molecule has 0 aliphatic heterocycles. The van der Waals surface area contributed by atoms with Gasteiger partial charge in [0.1, 0.15) is 0 Å². The molecule has 0 heterocycles. The first-order valence-corrected chi connectivity index (χ1v) is 5.06. The number of ketones is 1. The minimum atomic E-state index is -0.664. The number of nitrogens with zero attached hydrogens (tertiary/aromatic N) is 2. The Hall–Kier alpha value is -2.17. The lowest BCUT2D eigenvalue weighted by Gasteiger charge is -2.11. The summed E-state index contributed by atoms with van der Waals surface area (Å²) in [6.45, 7) is 1.18. The topological polar surface area (TPSA) is 63.5 Å². The Labute approximate surface area is 99.5 Å². The lowest BCUT2D eigenvalue weighted by molar-refractivity contribution is -0.417. The number of anilines is 1. The molecule has 1 rings (SSSR count). The normalized spacial score (nSPS) is 11.1. The summed E-state index contributed by atoms with van der Waals surface area (Å²) >= 11 is 0. The predicted octanol–water partition coefficient (Wildman–Crippen LogP) is 1.96. The van der Waals surface area contributed by atoms with Crippen LogP contribution in [-0.4, -0.2) is 24.8 Å². The molecule has 90 valence electrons. The molecule has 1 aromatic carbocycles. The fraction of sp³-hybridized carbons (Fsp3) is 0.250. The van der Waals surface area contributed by atoms with Gasteiger partial charge in [-0.1, -0.05) is 12.1 Å². The van der Waals surface area contributed by atoms with Gasteiger partial charge < -0.3 is 4.90 Å². The molecule has 0 aliphatic carbocycles. The number of rotatable bonds is 4. The summed E-state index contributed by atoms with van der Waals surface area (Å²) in [4.78, 5) is 22.9. The van der Waals surface area contributed by atoms with Crippen molar-refractivity contribution in [2.75, 3.05) is 19.0 Å². The first kappa shape index (κ1) is 12.9. The highest BCUT2D eigenvalue weighted by Crippen LogP contribution is 2.15. The lowest BCUT2D eigenvalue weighted by Crippen LogP contribution is -2.08. The van der Waals surface area contributed by atoms with E-state index in [4.69, 9.17) is 0 Å². The second kappa shape index (κ2) is 5.25. The quantitative estimate of drug-likeness (QED) is 0.454. The number of allylic oxidation sites excluding steroid dienone is 1. The Kier molecular flexibility index (Phi) is 3.98. The van der Waals surface area contributed by atoms with Crippen molar-refractivity contribution in [3.8, 4) is 0 Å². The first-order valence-electron chi connectivity index (χ1n) is 5.06. The van der Waals surface area contributed by atoms with Gasteiger partial charge in [-0.05, 0) is 17.7 Å². The lowest BCUT2D eigenvalue weighted by atomic mass is 10.1. The van der Waals surface area contributed by atoms with E-state index < -0.39 is 16.4 Å². The second-order valence-corrected chi connectivity index (χ2v) is 3.83. The maximum Gasteiger partial charge on any atom is 0.312 e. The molecule has 5 nitrogen and oxygen atoms in total. The van der Waals surface area contributed by atoms with Gasteiger partial charge in [0.25, 0.3) is 0 Å². The predicted molar refractivity (Wildman–Crippen MR) is 66.4 cm³/mol. The Bertz CT molecular complexity index is 445. The number of benzene rings is 1.